The van der Waals surface area contributed by atoms with Gasteiger partial charge < -0.3 is 4.42 Å². The molecular weight excluding hydrogens is 210 g/mol. The largest absolute Gasteiger partial charge is 0.454 e. The van der Waals surface area contributed by atoms with Crippen LogP contribution in [0.5, 0.6) is 0 Å². The monoisotopic (exact) mass is 221 g/mol. The van der Waals surface area contributed by atoms with Crippen LogP contribution in [0.3, 0.4) is 0 Å². The molecule has 0 fully saturated rings. The van der Waals surface area contributed by atoms with Crippen LogP contribution in [0, 0.1) is 0 Å². The van der Waals surface area contributed by atoms with E-state index in [0.717, 1.165) is 28.0 Å². The SMILES string of the molecule is C=Cc1c(-c2ccccc2)oc2cccnc12. The zero-order valence-corrected chi connectivity index (χ0v) is 9.26. The Morgan fingerprint density at radius 2 is 1.88 bits per heavy atom. The molecule has 2 heterocycles. The second-order valence-corrected chi connectivity index (χ2v) is 3.77. The summed E-state index contributed by atoms with van der Waals surface area (Å²) in [6.07, 6.45) is 3.56. The Balaban J connectivity index is 2.33. The van der Waals surface area contributed by atoms with Crippen LogP contribution in [-0.2, 0) is 0 Å². The zero-order chi connectivity index (χ0) is 11.7. The fourth-order valence-electron chi connectivity index (χ4n) is 1.94. The van der Waals surface area contributed by atoms with E-state index in [4.69, 9.17) is 4.42 Å². The van der Waals surface area contributed by atoms with Crippen LogP contribution < -0.4 is 0 Å². The highest BCUT2D eigenvalue weighted by Crippen LogP contribution is 2.32. The smallest absolute Gasteiger partial charge is 0.153 e. The van der Waals surface area contributed by atoms with E-state index in [2.05, 4.69) is 11.6 Å². The van der Waals surface area contributed by atoms with Gasteiger partial charge in [0, 0.05) is 17.3 Å². The van der Waals surface area contributed by atoms with E-state index in [1.165, 1.54) is 0 Å². The number of fused-ring (bicyclic) bond motifs is 1. The van der Waals surface area contributed by atoms with E-state index < -0.39 is 0 Å². The molecule has 0 atom stereocenters. The molecule has 0 aliphatic heterocycles. The van der Waals surface area contributed by atoms with Crippen molar-refractivity contribution in [2.75, 3.05) is 0 Å². The summed E-state index contributed by atoms with van der Waals surface area (Å²) in [6, 6.07) is 13.8. The van der Waals surface area contributed by atoms with Crippen LogP contribution in [0.15, 0.2) is 59.7 Å². The van der Waals surface area contributed by atoms with Crippen molar-refractivity contribution in [3.63, 3.8) is 0 Å². The van der Waals surface area contributed by atoms with Crippen LogP contribution >= 0.6 is 0 Å². The summed E-state index contributed by atoms with van der Waals surface area (Å²) in [4.78, 5) is 4.33. The van der Waals surface area contributed by atoms with Crippen molar-refractivity contribution >= 4 is 17.2 Å². The van der Waals surface area contributed by atoms with Gasteiger partial charge in [-0.1, -0.05) is 43.0 Å². The van der Waals surface area contributed by atoms with Crippen molar-refractivity contribution in [2.24, 2.45) is 0 Å². The molecule has 3 rings (SSSR count). The van der Waals surface area contributed by atoms with Crippen molar-refractivity contribution < 1.29 is 4.42 Å². The van der Waals surface area contributed by atoms with Gasteiger partial charge >= 0.3 is 0 Å². The van der Waals surface area contributed by atoms with Gasteiger partial charge in [0.15, 0.2) is 5.58 Å². The van der Waals surface area contributed by atoms with E-state index in [0.29, 0.717) is 0 Å². The molecule has 3 aromatic rings. The summed E-state index contributed by atoms with van der Waals surface area (Å²) in [5, 5.41) is 0. The molecular formula is C15H11NO. The first-order chi connectivity index (χ1) is 8.40. The second kappa shape index (κ2) is 3.91. The lowest BCUT2D eigenvalue weighted by atomic mass is 10.1. The van der Waals surface area contributed by atoms with E-state index in [1.54, 1.807) is 12.3 Å². The van der Waals surface area contributed by atoms with Crippen LogP contribution in [0.25, 0.3) is 28.5 Å². The zero-order valence-electron chi connectivity index (χ0n) is 9.26. The highest BCUT2D eigenvalue weighted by molar-refractivity contribution is 5.91. The molecule has 2 aromatic heterocycles. The predicted octanol–water partition coefficient (Wildman–Crippen LogP) is 4.14. The van der Waals surface area contributed by atoms with Gasteiger partial charge in [0.25, 0.3) is 0 Å². The summed E-state index contributed by atoms with van der Waals surface area (Å²) in [5.41, 5.74) is 3.65. The molecule has 0 unspecified atom stereocenters. The highest BCUT2D eigenvalue weighted by atomic mass is 16.3. The summed E-state index contributed by atoms with van der Waals surface area (Å²) in [5.74, 6) is 0.828. The molecule has 0 radical (unpaired) electrons. The van der Waals surface area contributed by atoms with Gasteiger partial charge in [0.2, 0.25) is 0 Å². The minimum absolute atomic E-state index is 0.793. The van der Waals surface area contributed by atoms with Crippen LogP contribution in [0.2, 0.25) is 0 Å². The maximum Gasteiger partial charge on any atom is 0.153 e. The fourth-order valence-corrected chi connectivity index (χ4v) is 1.94. The first kappa shape index (κ1) is 9.85. The summed E-state index contributed by atoms with van der Waals surface area (Å²) in [7, 11) is 0. The standard InChI is InChI=1S/C15H11NO/c1-2-12-14-13(9-6-10-16-14)17-15(12)11-7-4-3-5-8-11/h2-10H,1H2. The van der Waals surface area contributed by atoms with Crippen LogP contribution in [0.4, 0.5) is 0 Å². The number of pyridine rings is 1. The lowest BCUT2D eigenvalue weighted by molar-refractivity contribution is 0.630. The quantitative estimate of drug-likeness (QED) is 0.650. The molecule has 82 valence electrons. The van der Waals surface area contributed by atoms with Crippen LogP contribution in [0.1, 0.15) is 5.56 Å². The maximum atomic E-state index is 5.84. The molecule has 0 saturated carbocycles. The Hall–Kier alpha value is -2.35. The number of aromatic nitrogens is 1. The van der Waals surface area contributed by atoms with Crippen molar-refractivity contribution in [1.82, 2.24) is 4.98 Å². The Morgan fingerprint density at radius 3 is 2.65 bits per heavy atom. The topological polar surface area (TPSA) is 26.0 Å². The second-order valence-electron chi connectivity index (χ2n) is 3.77. The average Bonchev–Trinajstić information content (AvgIpc) is 2.78. The third-order valence-electron chi connectivity index (χ3n) is 2.72. The number of benzene rings is 1. The number of hydrogen-bond donors (Lipinski definition) is 0. The van der Waals surface area contributed by atoms with E-state index in [1.807, 2.05) is 42.5 Å². The summed E-state index contributed by atoms with van der Waals surface area (Å²) >= 11 is 0. The first-order valence-corrected chi connectivity index (χ1v) is 5.45. The van der Waals surface area contributed by atoms with Gasteiger partial charge in [0.1, 0.15) is 11.3 Å². The highest BCUT2D eigenvalue weighted by Gasteiger charge is 2.13. The number of rotatable bonds is 2. The first-order valence-electron chi connectivity index (χ1n) is 5.45. The minimum Gasteiger partial charge on any atom is -0.454 e. The molecule has 0 saturated heterocycles. The maximum absolute atomic E-state index is 5.84. The predicted molar refractivity (Wildman–Crippen MR) is 69.5 cm³/mol. The molecule has 17 heavy (non-hydrogen) atoms. The van der Waals surface area contributed by atoms with E-state index >= 15 is 0 Å². The Morgan fingerprint density at radius 1 is 1.06 bits per heavy atom. The lowest BCUT2D eigenvalue weighted by Crippen LogP contribution is -1.78. The minimum atomic E-state index is 0.793. The average molecular weight is 221 g/mol. The number of furan rings is 1. The number of hydrogen-bond acceptors (Lipinski definition) is 2. The molecule has 0 N–H and O–H groups in total. The molecule has 2 heteroatoms. The van der Waals surface area contributed by atoms with Gasteiger partial charge in [-0.3, -0.25) is 4.98 Å². The third kappa shape index (κ3) is 1.54. The molecule has 0 aliphatic carbocycles. The fraction of sp³-hybridized carbons (Fsp3) is 0. The number of nitrogens with zero attached hydrogens (tertiary/aromatic N) is 1. The molecule has 0 aliphatic rings. The van der Waals surface area contributed by atoms with Gasteiger partial charge in [-0.25, -0.2) is 0 Å². The molecule has 0 spiro atoms. The van der Waals surface area contributed by atoms with Crippen molar-refractivity contribution in [3.05, 3.63) is 60.8 Å². The van der Waals surface area contributed by atoms with Crippen molar-refractivity contribution in [2.45, 2.75) is 0 Å². The molecule has 0 bridgehead atoms. The Bertz CT molecular complexity index is 668. The normalized spacial score (nSPS) is 10.6. The molecule has 2 nitrogen and oxygen atoms in total. The summed E-state index contributed by atoms with van der Waals surface area (Å²) in [6.45, 7) is 3.84. The van der Waals surface area contributed by atoms with Gasteiger partial charge in [-0.15, -0.1) is 0 Å². The molecule has 1 aromatic carbocycles. The van der Waals surface area contributed by atoms with Crippen molar-refractivity contribution in [1.29, 1.82) is 0 Å². The summed E-state index contributed by atoms with van der Waals surface area (Å²) < 4.78 is 5.84. The van der Waals surface area contributed by atoms with Gasteiger partial charge in [0.05, 0.1) is 0 Å². The Kier molecular flexibility index (Phi) is 2.26. The lowest BCUT2D eigenvalue weighted by Gasteiger charge is -1.97. The third-order valence-corrected chi connectivity index (χ3v) is 2.72. The van der Waals surface area contributed by atoms with E-state index in [9.17, 15) is 0 Å². The Labute approximate surface area is 99.2 Å². The molecule has 0 amide bonds. The van der Waals surface area contributed by atoms with Gasteiger partial charge in [-0.2, -0.15) is 0 Å². The van der Waals surface area contributed by atoms with Gasteiger partial charge in [-0.05, 0) is 12.1 Å². The van der Waals surface area contributed by atoms with E-state index in [-0.39, 0.29) is 0 Å². The van der Waals surface area contributed by atoms with Crippen LogP contribution in [-0.4, -0.2) is 4.98 Å². The van der Waals surface area contributed by atoms with Crippen molar-refractivity contribution in [3.8, 4) is 11.3 Å².